The summed E-state index contributed by atoms with van der Waals surface area (Å²) in [6.07, 6.45) is 2.90. The van der Waals surface area contributed by atoms with Crippen molar-refractivity contribution in [1.29, 1.82) is 5.26 Å². The van der Waals surface area contributed by atoms with E-state index in [1.54, 1.807) is 24.0 Å². The molecule has 0 fully saturated rings. The van der Waals surface area contributed by atoms with Crippen molar-refractivity contribution in [1.82, 2.24) is 4.98 Å². The second-order valence-corrected chi connectivity index (χ2v) is 4.30. The van der Waals surface area contributed by atoms with Crippen molar-refractivity contribution >= 4 is 11.8 Å². The third-order valence-electron chi connectivity index (χ3n) is 2.09. The first-order valence-corrected chi connectivity index (χ1v) is 5.74. The Labute approximate surface area is 89.4 Å². The van der Waals surface area contributed by atoms with Crippen LogP contribution < -0.4 is 0 Å². The van der Waals surface area contributed by atoms with Gasteiger partial charge in [0.05, 0.1) is 5.56 Å². The Balaban J connectivity index is 2.63. The third kappa shape index (κ3) is 3.04. The number of nitriles is 1. The Bertz CT molecular complexity index is 330. The molecule has 1 aromatic heterocycles. The minimum absolute atomic E-state index is 0.675. The van der Waals surface area contributed by atoms with E-state index in [1.165, 1.54) is 6.42 Å². The first-order chi connectivity index (χ1) is 6.77. The number of nitrogens with zero attached hydrogens (tertiary/aromatic N) is 2. The van der Waals surface area contributed by atoms with Crippen LogP contribution in [0.4, 0.5) is 0 Å². The van der Waals surface area contributed by atoms with Crippen LogP contribution in [0, 0.1) is 17.2 Å². The Hall–Kier alpha value is -1.01. The van der Waals surface area contributed by atoms with E-state index in [1.807, 2.05) is 6.07 Å². The zero-order valence-corrected chi connectivity index (χ0v) is 9.34. The molecule has 1 heterocycles. The maximum atomic E-state index is 8.84. The van der Waals surface area contributed by atoms with Gasteiger partial charge in [0, 0.05) is 11.9 Å². The van der Waals surface area contributed by atoms with Gasteiger partial charge >= 0.3 is 0 Å². The first kappa shape index (κ1) is 11.1. The summed E-state index contributed by atoms with van der Waals surface area (Å²) in [5.41, 5.74) is 0.681. The highest BCUT2D eigenvalue weighted by molar-refractivity contribution is 7.99. The molecule has 1 atom stereocenters. The average molecular weight is 206 g/mol. The lowest BCUT2D eigenvalue weighted by molar-refractivity contribution is 0.636. The van der Waals surface area contributed by atoms with E-state index in [0.717, 1.165) is 10.8 Å². The van der Waals surface area contributed by atoms with E-state index in [9.17, 15) is 0 Å². The third-order valence-corrected chi connectivity index (χ3v) is 3.43. The van der Waals surface area contributed by atoms with Gasteiger partial charge < -0.3 is 0 Å². The van der Waals surface area contributed by atoms with Crippen LogP contribution in [-0.4, -0.2) is 10.7 Å². The molecule has 74 valence electrons. The van der Waals surface area contributed by atoms with Gasteiger partial charge in [0.1, 0.15) is 11.1 Å². The van der Waals surface area contributed by atoms with Gasteiger partial charge in [-0.25, -0.2) is 4.98 Å². The van der Waals surface area contributed by atoms with Gasteiger partial charge in [-0.3, -0.25) is 0 Å². The summed E-state index contributed by atoms with van der Waals surface area (Å²) >= 11 is 1.67. The molecule has 0 aliphatic carbocycles. The predicted molar refractivity (Wildman–Crippen MR) is 59.1 cm³/mol. The lowest BCUT2D eigenvalue weighted by Gasteiger charge is -2.07. The van der Waals surface area contributed by atoms with Gasteiger partial charge in [0.2, 0.25) is 0 Å². The molecule has 1 rings (SSSR count). The summed E-state index contributed by atoms with van der Waals surface area (Å²) in [5.74, 6) is 1.70. The number of thioether (sulfide) groups is 1. The van der Waals surface area contributed by atoms with Gasteiger partial charge in [0.25, 0.3) is 0 Å². The van der Waals surface area contributed by atoms with Crippen LogP contribution >= 0.6 is 11.8 Å². The summed E-state index contributed by atoms with van der Waals surface area (Å²) in [6, 6.07) is 5.76. The number of rotatable bonds is 4. The van der Waals surface area contributed by atoms with Crippen molar-refractivity contribution in [3.63, 3.8) is 0 Å². The summed E-state index contributed by atoms with van der Waals surface area (Å²) in [4.78, 5) is 4.20. The molecule has 0 N–H and O–H groups in total. The minimum Gasteiger partial charge on any atom is -0.249 e. The molecule has 0 aromatic carbocycles. The monoisotopic (exact) mass is 206 g/mol. The molecule has 14 heavy (non-hydrogen) atoms. The van der Waals surface area contributed by atoms with Crippen LogP contribution in [-0.2, 0) is 0 Å². The molecule has 0 aliphatic heterocycles. The van der Waals surface area contributed by atoms with Crippen LogP contribution in [0.5, 0.6) is 0 Å². The van der Waals surface area contributed by atoms with Crippen molar-refractivity contribution in [3.8, 4) is 6.07 Å². The summed E-state index contributed by atoms with van der Waals surface area (Å²) in [6.45, 7) is 4.39. The van der Waals surface area contributed by atoms with Crippen molar-refractivity contribution in [2.24, 2.45) is 5.92 Å². The Morgan fingerprint density at radius 3 is 3.07 bits per heavy atom. The lowest BCUT2D eigenvalue weighted by atomic mass is 10.2. The molecule has 1 aromatic rings. The largest absolute Gasteiger partial charge is 0.249 e. The molecule has 0 aliphatic rings. The molecule has 0 saturated heterocycles. The fourth-order valence-electron chi connectivity index (χ4n) is 0.930. The van der Waals surface area contributed by atoms with Gasteiger partial charge in [-0.15, -0.1) is 11.8 Å². The van der Waals surface area contributed by atoms with Crippen molar-refractivity contribution in [2.75, 3.05) is 5.75 Å². The Morgan fingerprint density at radius 1 is 1.64 bits per heavy atom. The van der Waals surface area contributed by atoms with Gasteiger partial charge in [-0.05, 0) is 18.1 Å². The normalized spacial score (nSPS) is 12.1. The van der Waals surface area contributed by atoms with Gasteiger partial charge in [-0.2, -0.15) is 5.26 Å². The maximum absolute atomic E-state index is 8.84. The smallest absolute Gasteiger partial charge is 0.114 e. The SMILES string of the molecule is CCC(C)CSc1ncccc1C#N. The molecule has 0 saturated carbocycles. The topological polar surface area (TPSA) is 36.7 Å². The zero-order chi connectivity index (χ0) is 10.4. The fourth-order valence-corrected chi connectivity index (χ4v) is 2.01. The van der Waals surface area contributed by atoms with E-state index < -0.39 is 0 Å². The number of pyridine rings is 1. The molecule has 0 amide bonds. The zero-order valence-electron chi connectivity index (χ0n) is 8.53. The fraction of sp³-hybridized carbons (Fsp3) is 0.455. The second kappa shape index (κ2) is 5.66. The van der Waals surface area contributed by atoms with Crippen LogP contribution in [0.2, 0.25) is 0 Å². The molecule has 0 bridgehead atoms. The Kier molecular flexibility index (Phi) is 4.48. The van der Waals surface area contributed by atoms with Gasteiger partial charge in [-0.1, -0.05) is 20.3 Å². The van der Waals surface area contributed by atoms with E-state index in [0.29, 0.717) is 11.5 Å². The summed E-state index contributed by atoms with van der Waals surface area (Å²) < 4.78 is 0. The first-order valence-electron chi connectivity index (χ1n) is 4.75. The lowest BCUT2D eigenvalue weighted by Crippen LogP contribution is -1.96. The molecule has 0 radical (unpaired) electrons. The molecule has 3 heteroatoms. The highest BCUT2D eigenvalue weighted by Crippen LogP contribution is 2.22. The van der Waals surface area contributed by atoms with Crippen LogP contribution in [0.25, 0.3) is 0 Å². The molecule has 2 nitrogen and oxygen atoms in total. The van der Waals surface area contributed by atoms with E-state index in [2.05, 4.69) is 24.9 Å². The van der Waals surface area contributed by atoms with Gasteiger partial charge in [0.15, 0.2) is 0 Å². The van der Waals surface area contributed by atoms with E-state index in [-0.39, 0.29) is 0 Å². The highest BCUT2D eigenvalue weighted by Gasteiger charge is 2.05. The van der Waals surface area contributed by atoms with Crippen molar-refractivity contribution in [2.45, 2.75) is 25.3 Å². The number of aromatic nitrogens is 1. The molecule has 0 spiro atoms. The van der Waals surface area contributed by atoms with Crippen molar-refractivity contribution < 1.29 is 0 Å². The summed E-state index contributed by atoms with van der Waals surface area (Å²) in [7, 11) is 0. The Morgan fingerprint density at radius 2 is 2.43 bits per heavy atom. The standard InChI is InChI=1S/C11H14N2S/c1-3-9(2)8-14-11-10(7-12)5-4-6-13-11/h4-6,9H,3,8H2,1-2H3. The number of hydrogen-bond donors (Lipinski definition) is 0. The summed E-state index contributed by atoms with van der Waals surface area (Å²) in [5, 5.41) is 9.69. The average Bonchev–Trinajstić information content (AvgIpc) is 2.26. The van der Waals surface area contributed by atoms with Crippen LogP contribution in [0.15, 0.2) is 23.4 Å². The number of hydrogen-bond acceptors (Lipinski definition) is 3. The van der Waals surface area contributed by atoms with Crippen LogP contribution in [0.1, 0.15) is 25.8 Å². The second-order valence-electron chi connectivity index (χ2n) is 3.29. The molecule has 1 unspecified atom stereocenters. The van der Waals surface area contributed by atoms with E-state index >= 15 is 0 Å². The quantitative estimate of drug-likeness (QED) is 0.710. The minimum atomic E-state index is 0.675. The maximum Gasteiger partial charge on any atom is 0.114 e. The molecular weight excluding hydrogens is 192 g/mol. The van der Waals surface area contributed by atoms with Crippen molar-refractivity contribution in [3.05, 3.63) is 23.9 Å². The van der Waals surface area contributed by atoms with Crippen LogP contribution in [0.3, 0.4) is 0 Å². The predicted octanol–water partition coefficient (Wildman–Crippen LogP) is 3.09. The highest BCUT2D eigenvalue weighted by atomic mass is 32.2. The van der Waals surface area contributed by atoms with E-state index in [4.69, 9.17) is 5.26 Å². The molecular formula is C11H14N2S.